The molecule has 0 aliphatic carbocycles. The Balaban J connectivity index is 1.58. The van der Waals surface area contributed by atoms with Crippen molar-refractivity contribution in [2.45, 2.75) is 32.3 Å². The van der Waals surface area contributed by atoms with Crippen molar-refractivity contribution in [2.75, 3.05) is 13.2 Å². The van der Waals surface area contributed by atoms with Crippen LogP contribution >= 0.6 is 11.5 Å². The Labute approximate surface area is 172 Å². The fourth-order valence-corrected chi connectivity index (χ4v) is 4.31. The lowest BCUT2D eigenvalue weighted by atomic mass is 10.1. The molecule has 1 aliphatic rings. The molecule has 1 saturated heterocycles. The van der Waals surface area contributed by atoms with E-state index in [1.165, 1.54) is 11.5 Å². The summed E-state index contributed by atoms with van der Waals surface area (Å²) in [6, 6.07) is 4.08. The van der Waals surface area contributed by atoms with Gasteiger partial charge in [-0.2, -0.15) is 14.5 Å². The molecular weight excluding hydrogens is 388 g/mol. The van der Waals surface area contributed by atoms with Crippen LogP contribution < -0.4 is 4.74 Å². The lowest BCUT2D eigenvalue weighted by Crippen LogP contribution is -2.26. The fraction of sp³-hybridized carbons (Fsp3) is 0.400. The Morgan fingerprint density at radius 3 is 2.86 bits per heavy atom. The first-order chi connectivity index (χ1) is 14.2. The van der Waals surface area contributed by atoms with Gasteiger partial charge in [0.1, 0.15) is 17.4 Å². The van der Waals surface area contributed by atoms with E-state index in [1.807, 2.05) is 43.2 Å². The molecule has 4 aromatic heterocycles. The highest BCUT2D eigenvalue weighted by molar-refractivity contribution is 7.05. The maximum absolute atomic E-state index is 6.39. The maximum Gasteiger partial charge on any atom is 0.242 e. The minimum absolute atomic E-state index is 0.0950. The second kappa shape index (κ2) is 7.57. The molecule has 8 nitrogen and oxygen atoms in total. The standard InChI is InChI=1S/C20H22N6O2S/c1-13-9-16(29-24-13)10-18-22-17-3-6-26(14-11-21-25(2)12-14)19(17)20(23-18)28-15-4-7-27-8-5-15/h3,6,9,11-12,15H,4-5,7-8,10H2,1-2H3. The second-order valence-corrected chi connectivity index (χ2v) is 8.17. The summed E-state index contributed by atoms with van der Waals surface area (Å²) in [4.78, 5) is 10.8. The van der Waals surface area contributed by atoms with Gasteiger partial charge in [0.15, 0.2) is 0 Å². The predicted molar refractivity (Wildman–Crippen MR) is 110 cm³/mol. The summed E-state index contributed by atoms with van der Waals surface area (Å²) in [7, 11) is 1.90. The Morgan fingerprint density at radius 2 is 2.14 bits per heavy atom. The minimum atomic E-state index is 0.0950. The summed E-state index contributed by atoms with van der Waals surface area (Å²) >= 11 is 1.49. The molecule has 0 unspecified atom stereocenters. The third-order valence-electron chi connectivity index (χ3n) is 4.97. The van der Waals surface area contributed by atoms with Gasteiger partial charge in [-0.1, -0.05) is 0 Å². The molecule has 29 heavy (non-hydrogen) atoms. The Bertz CT molecular complexity index is 1140. The Morgan fingerprint density at radius 1 is 1.28 bits per heavy atom. The molecule has 1 fully saturated rings. The van der Waals surface area contributed by atoms with Crippen LogP contribution in [0.5, 0.6) is 5.88 Å². The summed E-state index contributed by atoms with van der Waals surface area (Å²) in [5.74, 6) is 1.36. The van der Waals surface area contributed by atoms with Gasteiger partial charge in [-0.25, -0.2) is 4.98 Å². The molecule has 0 atom stereocenters. The van der Waals surface area contributed by atoms with E-state index in [9.17, 15) is 0 Å². The zero-order valence-electron chi connectivity index (χ0n) is 16.4. The van der Waals surface area contributed by atoms with E-state index in [0.29, 0.717) is 12.3 Å². The van der Waals surface area contributed by atoms with Crippen molar-refractivity contribution in [3.05, 3.63) is 47.1 Å². The second-order valence-electron chi connectivity index (χ2n) is 7.28. The molecular formula is C20H22N6O2S. The average Bonchev–Trinajstić information content (AvgIpc) is 3.43. The molecule has 0 N–H and O–H groups in total. The highest BCUT2D eigenvalue weighted by atomic mass is 32.1. The molecule has 150 valence electrons. The van der Waals surface area contributed by atoms with Crippen molar-refractivity contribution in [1.82, 2.24) is 28.7 Å². The molecule has 0 spiro atoms. The van der Waals surface area contributed by atoms with E-state index in [1.54, 1.807) is 4.68 Å². The molecule has 0 aromatic carbocycles. The average molecular weight is 411 g/mol. The molecule has 0 radical (unpaired) electrons. The fourth-order valence-electron chi connectivity index (χ4n) is 3.58. The smallest absolute Gasteiger partial charge is 0.242 e. The van der Waals surface area contributed by atoms with E-state index in [0.717, 1.165) is 59.2 Å². The van der Waals surface area contributed by atoms with E-state index >= 15 is 0 Å². The monoisotopic (exact) mass is 410 g/mol. The minimum Gasteiger partial charge on any atom is -0.473 e. The van der Waals surface area contributed by atoms with E-state index in [-0.39, 0.29) is 6.10 Å². The van der Waals surface area contributed by atoms with Gasteiger partial charge in [0, 0.05) is 43.6 Å². The first-order valence-electron chi connectivity index (χ1n) is 9.69. The molecule has 9 heteroatoms. The van der Waals surface area contributed by atoms with Crippen molar-refractivity contribution < 1.29 is 9.47 Å². The number of aryl methyl sites for hydroxylation is 2. The largest absolute Gasteiger partial charge is 0.473 e. The zero-order valence-corrected chi connectivity index (χ0v) is 17.2. The van der Waals surface area contributed by atoms with Crippen LogP contribution in [0.25, 0.3) is 16.7 Å². The topological polar surface area (TPSA) is 79.9 Å². The lowest BCUT2D eigenvalue weighted by Gasteiger charge is -2.23. The quantitative estimate of drug-likeness (QED) is 0.503. The Hall–Kier alpha value is -2.78. The van der Waals surface area contributed by atoms with Crippen LogP contribution in [-0.4, -0.2) is 48.0 Å². The normalized spacial score (nSPS) is 15.2. The van der Waals surface area contributed by atoms with Crippen LogP contribution in [0.15, 0.2) is 30.7 Å². The SMILES string of the molecule is Cc1cc(Cc2nc(OC3CCOCC3)c3c(ccn3-c3cnn(C)c3)n2)sn1. The van der Waals surface area contributed by atoms with Gasteiger partial charge in [0.25, 0.3) is 0 Å². The van der Waals surface area contributed by atoms with Crippen LogP contribution in [0.1, 0.15) is 29.2 Å². The lowest BCUT2D eigenvalue weighted by molar-refractivity contribution is 0.0242. The first kappa shape index (κ1) is 18.3. The number of hydrogen-bond acceptors (Lipinski definition) is 7. The van der Waals surface area contributed by atoms with Crippen LogP contribution in [0.4, 0.5) is 0 Å². The molecule has 4 aromatic rings. The van der Waals surface area contributed by atoms with Gasteiger partial charge in [0.05, 0.1) is 36.3 Å². The van der Waals surface area contributed by atoms with Gasteiger partial charge < -0.3 is 14.0 Å². The van der Waals surface area contributed by atoms with Gasteiger partial charge >= 0.3 is 0 Å². The third kappa shape index (κ3) is 3.75. The summed E-state index contributed by atoms with van der Waals surface area (Å²) in [6.45, 7) is 3.43. The summed E-state index contributed by atoms with van der Waals surface area (Å²) in [6.07, 6.45) is 8.25. The van der Waals surface area contributed by atoms with Crippen molar-refractivity contribution in [2.24, 2.45) is 7.05 Å². The predicted octanol–water partition coefficient (Wildman–Crippen LogP) is 3.07. The maximum atomic E-state index is 6.39. The molecule has 0 saturated carbocycles. The highest BCUT2D eigenvalue weighted by Crippen LogP contribution is 2.29. The number of rotatable bonds is 5. The molecule has 1 aliphatic heterocycles. The summed E-state index contributed by atoms with van der Waals surface area (Å²) in [5, 5.41) is 4.29. The first-order valence-corrected chi connectivity index (χ1v) is 10.5. The number of hydrogen-bond donors (Lipinski definition) is 0. The van der Waals surface area contributed by atoms with Crippen LogP contribution in [0.3, 0.4) is 0 Å². The molecule has 0 amide bonds. The molecule has 5 rings (SSSR count). The number of nitrogens with zero attached hydrogens (tertiary/aromatic N) is 6. The number of aromatic nitrogens is 6. The third-order valence-corrected chi connectivity index (χ3v) is 5.85. The van der Waals surface area contributed by atoms with Gasteiger partial charge in [-0.15, -0.1) is 0 Å². The summed E-state index contributed by atoms with van der Waals surface area (Å²) < 4.78 is 20.0. The highest BCUT2D eigenvalue weighted by Gasteiger charge is 2.21. The number of fused-ring (bicyclic) bond motifs is 1. The zero-order chi connectivity index (χ0) is 19.8. The molecule has 5 heterocycles. The summed E-state index contributed by atoms with van der Waals surface area (Å²) in [5.41, 5.74) is 3.71. The van der Waals surface area contributed by atoms with Crippen molar-refractivity contribution >= 4 is 22.6 Å². The van der Waals surface area contributed by atoms with E-state index in [2.05, 4.69) is 15.5 Å². The van der Waals surface area contributed by atoms with Gasteiger partial charge in [-0.3, -0.25) is 4.68 Å². The van der Waals surface area contributed by atoms with Crippen molar-refractivity contribution in [3.63, 3.8) is 0 Å². The van der Waals surface area contributed by atoms with Crippen LogP contribution in [-0.2, 0) is 18.2 Å². The molecule has 0 bridgehead atoms. The van der Waals surface area contributed by atoms with E-state index < -0.39 is 0 Å². The van der Waals surface area contributed by atoms with Gasteiger partial charge in [-0.05, 0) is 30.6 Å². The number of ether oxygens (including phenoxy) is 2. The van der Waals surface area contributed by atoms with Crippen LogP contribution in [0.2, 0.25) is 0 Å². The van der Waals surface area contributed by atoms with Crippen molar-refractivity contribution in [3.8, 4) is 11.6 Å². The van der Waals surface area contributed by atoms with Gasteiger partial charge in [0.2, 0.25) is 5.88 Å². The van der Waals surface area contributed by atoms with E-state index in [4.69, 9.17) is 19.4 Å². The van der Waals surface area contributed by atoms with Crippen molar-refractivity contribution in [1.29, 1.82) is 0 Å². The Kier molecular flexibility index (Phi) is 4.76. The van der Waals surface area contributed by atoms with Crippen LogP contribution in [0, 0.1) is 6.92 Å².